The fourth-order valence-electron chi connectivity index (χ4n) is 1.92. The van der Waals surface area contributed by atoms with Crippen molar-refractivity contribution in [3.05, 3.63) is 23.8 Å². The van der Waals surface area contributed by atoms with Crippen LogP contribution in [0.2, 0.25) is 0 Å². The van der Waals surface area contributed by atoms with E-state index in [4.69, 9.17) is 4.74 Å². The van der Waals surface area contributed by atoms with Crippen LogP contribution >= 0.6 is 35.7 Å². The second-order valence-electron chi connectivity index (χ2n) is 4.83. The molecule has 0 aliphatic rings. The topological polar surface area (TPSA) is 65.9 Å². The normalized spacial score (nSPS) is 10.8. The van der Waals surface area contributed by atoms with Gasteiger partial charge in [0.25, 0.3) is 0 Å². The Bertz CT molecular complexity index is 473. The van der Waals surface area contributed by atoms with E-state index in [1.165, 1.54) is 19.3 Å². The third-order valence-corrected chi connectivity index (χ3v) is 3.77. The van der Waals surface area contributed by atoms with Crippen molar-refractivity contribution in [1.82, 2.24) is 10.6 Å². The highest BCUT2D eigenvalue weighted by molar-refractivity contribution is 14.0. The number of nitrogens with zero attached hydrogens (tertiary/aromatic N) is 1. The Morgan fingerprint density at radius 1 is 1.30 bits per heavy atom. The van der Waals surface area contributed by atoms with Crippen molar-refractivity contribution in [2.75, 3.05) is 32.2 Å². The minimum Gasteiger partial charge on any atom is -0.504 e. The van der Waals surface area contributed by atoms with Crippen molar-refractivity contribution in [2.24, 2.45) is 4.99 Å². The van der Waals surface area contributed by atoms with E-state index < -0.39 is 0 Å². The quantitative estimate of drug-likeness (QED) is 0.232. The Hall–Kier alpha value is -0.830. The molecule has 0 radical (unpaired) electrons. The number of halogens is 1. The van der Waals surface area contributed by atoms with Crippen LogP contribution < -0.4 is 15.4 Å². The molecule has 132 valence electrons. The molecule has 0 atom stereocenters. The van der Waals surface area contributed by atoms with Crippen LogP contribution in [0.1, 0.15) is 25.3 Å². The van der Waals surface area contributed by atoms with Gasteiger partial charge in [-0.1, -0.05) is 6.07 Å². The average Bonchev–Trinajstić information content (AvgIpc) is 2.52. The van der Waals surface area contributed by atoms with Crippen LogP contribution in [0.3, 0.4) is 0 Å². The minimum atomic E-state index is 0. The summed E-state index contributed by atoms with van der Waals surface area (Å²) in [5.41, 5.74) is 0.942. The number of hydrogen-bond acceptors (Lipinski definition) is 4. The predicted octanol–water partition coefficient (Wildman–Crippen LogP) is 3.22. The van der Waals surface area contributed by atoms with E-state index in [-0.39, 0.29) is 29.7 Å². The van der Waals surface area contributed by atoms with Crippen molar-refractivity contribution in [1.29, 1.82) is 0 Å². The van der Waals surface area contributed by atoms with Gasteiger partial charge in [-0.15, -0.1) is 24.0 Å². The standard InChI is InChI=1S/C16H27N3O2S.HI/c1-4-17-16(18-9-5-6-10-22-3)19-12-13-7-8-15(21-2)14(20)11-13;/h7-8,11,20H,4-6,9-10,12H2,1-3H3,(H2,17,18,19);1H. The van der Waals surface area contributed by atoms with E-state index in [9.17, 15) is 5.11 Å². The molecular formula is C16H28IN3O2S. The Labute approximate surface area is 160 Å². The summed E-state index contributed by atoms with van der Waals surface area (Å²) in [4.78, 5) is 4.54. The van der Waals surface area contributed by atoms with Gasteiger partial charge in [-0.2, -0.15) is 11.8 Å². The zero-order valence-electron chi connectivity index (χ0n) is 14.1. The zero-order chi connectivity index (χ0) is 16.2. The first-order valence-corrected chi connectivity index (χ1v) is 8.97. The van der Waals surface area contributed by atoms with Gasteiger partial charge in [-0.25, -0.2) is 4.99 Å². The van der Waals surface area contributed by atoms with Gasteiger partial charge in [0.1, 0.15) is 0 Å². The third-order valence-electron chi connectivity index (χ3n) is 3.07. The number of ether oxygens (including phenoxy) is 1. The molecule has 0 aromatic heterocycles. The maximum atomic E-state index is 9.78. The second kappa shape index (κ2) is 13.6. The van der Waals surface area contributed by atoms with E-state index in [1.54, 1.807) is 12.1 Å². The van der Waals surface area contributed by atoms with Gasteiger partial charge >= 0.3 is 0 Å². The molecule has 5 nitrogen and oxygen atoms in total. The summed E-state index contributed by atoms with van der Waals surface area (Å²) in [5, 5.41) is 16.3. The van der Waals surface area contributed by atoms with Crippen LogP contribution in [0, 0.1) is 0 Å². The van der Waals surface area contributed by atoms with Crippen LogP contribution in [-0.4, -0.2) is 43.3 Å². The second-order valence-corrected chi connectivity index (χ2v) is 5.81. The molecular weight excluding hydrogens is 425 g/mol. The third kappa shape index (κ3) is 9.14. The molecule has 1 aromatic carbocycles. The Morgan fingerprint density at radius 2 is 2.09 bits per heavy atom. The molecule has 0 heterocycles. The summed E-state index contributed by atoms with van der Waals surface area (Å²) < 4.78 is 5.04. The summed E-state index contributed by atoms with van der Waals surface area (Å²) in [7, 11) is 1.54. The number of nitrogens with one attached hydrogen (secondary N) is 2. The first-order valence-electron chi connectivity index (χ1n) is 7.58. The molecule has 0 amide bonds. The lowest BCUT2D eigenvalue weighted by atomic mass is 10.2. The number of phenolic OH excluding ortho intramolecular Hbond substituents is 1. The van der Waals surface area contributed by atoms with Crippen molar-refractivity contribution in [3.63, 3.8) is 0 Å². The number of guanidine groups is 1. The molecule has 7 heteroatoms. The smallest absolute Gasteiger partial charge is 0.191 e. The van der Waals surface area contributed by atoms with Crippen molar-refractivity contribution in [2.45, 2.75) is 26.3 Å². The highest BCUT2D eigenvalue weighted by Gasteiger charge is 2.03. The number of hydrogen-bond donors (Lipinski definition) is 3. The Balaban J connectivity index is 0.00000484. The first-order chi connectivity index (χ1) is 10.7. The fraction of sp³-hybridized carbons (Fsp3) is 0.562. The van der Waals surface area contributed by atoms with E-state index in [2.05, 4.69) is 21.9 Å². The van der Waals surface area contributed by atoms with E-state index in [0.717, 1.165) is 31.0 Å². The lowest BCUT2D eigenvalue weighted by Gasteiger charge is -2.11. The SMILES string of the molecule is CCNC(=NCc1ccc(OC)c(O)c1)NCCCCSC.I. The van der Waals surface area contributed by atoms with Gasteiger partial charge in [-0.05, 0) is 49.5 Å². The summed E-state index contributed by atoms with van der Waals surface area (Å²) in [6.45, 7) is 4.30. The van der Waals surface area contributed by atoms with Gasteiger partial charge in [0.15, 0.2) is 17.5 Å². The molecule has 1 rings (SSSR count). The predicted molar refractivity (Wildman–Crippen MR) is 111 cm³/mol. The molecule has 0 fully saturated rings. The van der Waals surface area contributed by atoms with Crippen LogP contribution in [0.25, 0.3) is 0 Å². The van der Waals surface area contributed by atoms with Crippen molar-refractivity contribution >= 4 is 41.7 Å². The van der Waals surface area contributed by atoms with Crippen molar-refractivity contribution in [3.8, 4) is 11.5 Å². The number of thioether (sulfide) groups is 1. The summed E-state index contributed by atoms with van der Waals surface area (Å²) in [6.07, 6.45) is 4.47. The molecule has 0 bridgehead atoms. The number of benzene rings is 1. The maximum Gasteiger partial charge on any atom is 0.191 e. The summed E-state index contributed by atoms with van der Waals surface area (Å²) in [5.74, 6) is 2.62. The van der Waals surface area contributed by atoms with Crippen LogP contribution in [0.15, 0.2) is 23.2 Å². The highest BCUT2D eigenvalue weighted by Crippen LogP contribution is 2.26. The summed E-state index contributed by atoms with van der Waals surface area (Å²) >= 11 is 1.88. The molecule has 0 saturated carbocycles. The molecule has 1 aromatic rings. The molecule has 23 heavy (non-hydrogen) atoms. The van der Waals surface area contributed by atoms with Gasteiger partial charge in [0.05, 0.1) is 13.7 Å². The molecule has 0 aliphatic heterocycles. The van der Waals surface area contributed by atoms with Crippen LogP contribution in [0.4, 0.5) is 0 Å². The van der Waals surface area contributed by atoms with Crippen molar-refractivity contribution < 1.29 is 9.84 Å². The lowest BCUT2D eigenvalue weighted by Crippen LogP contribution is -2.37. The average molecular weight is 453 g/mol. The summed E-state index contributed by atoms with van der Waals surface area (Å²) in [6, 6.07) is 5.34. The van der Waals surface area contributed by atoms with Crippen LogP contribution in [0.5, 0.6) is 11.5 Å². The number of rotatable bonds is 9. The number of aliphatic imine (C=N–C) groups is 1. The fourth-order valence-corrected chi connectivity index (χ4v) is 2.42. The Kier molecular flexibility index (Phi) is 13.1. The lowest BCUT2D eigenvalue weighted by molar-refractivity contribution is 0.373. The van der Waals surface area contributed by atoms with Gasteiger partial charge in [-0.3, -0.25) is 0 Å². The minimum absolute atomic E-state index is 0. The van der Waals surface area contributed by atoms with Gasteiger partial charge in [0.2, 0.25) is 0 Å². The molecule has 3 N–H and O–H groups in total. The number of unbranched alkanes of at least 4 members (excludes halogenated alkanes) is 1. The van der Waals surface area contributed by atoms with E-state index >= 15 is 0 Å². The van der Waals surface area contributed by atoms with Gasteiger partial charge in [0, 0.05) is 13.1 Å². The van der Waals surface area contributed by atoms with E-state index in [0.29, 0.717) is 12.3 Å². The monoisotopic (exact) mass is 453 g/mol. The molecule has 0 unspecified atom stereocenters. The molecule has 0 aliphatic carbocycles. The molecule has 0 spiro atoms. The number of phenols is 1. The first kappa shape index (κ1) is 22.2. The maximum absolute atomic E-state index is 9.78. The van der Waals surface area contributed by atoms with Gasteiger partial charge < -0.3 is 20.5 Å². The van der Waals surface area contributed by atoms with Crippen LogP contribution in [-0.2, 0) is 6.54 Å². The largest absolute Gasteiger partial charge is 0.504 e. The Morgan fingerprint density at radius 3 is 2.70 bits per heavy atom. The number of methoxy groups -OCH3 is 1. The number of aromatic hydroxyl groups is 1. The highest BCUT2D eigenvalue weighted by atomic mass is 127. The zero-order valence-corrected chi connectivity index (χ0v) is 17.2. The molecule has 0 saturated heterocycles. The van der Waals surface area contributed by atoms with E-state index in [1.807, 2.05) is 24.8 Å².